The lowest BCUT2D eigenvalue weighted by Crippen LogP contribution is -2.37. The summed E-state index contributed by atoms with van der Waals surface area (Å²) < 4.78 is 7.89. The van der Waals surface area contributed by atoms with Crippen LogP contribution in [0.1, 0.15) is 20.3 Å². The standard InChI is InChI=1S/C13H16N2O3/c1-11(2)18-13(14-9-3-4-10-14)7-5-12(6-8-13)15(16)17/h3-7,9-11H,8H2,1-2H3. The maximum absolute atomic E-state index is 10.7. The molecule has 18 heavy (non-hydrogen) atoms. The van der Waals surface area contributed by atoms with E-state index in [1.54, 1.807) is 12.2 Å². The maximum Gasteiger partial charge on any atom is 0.265 e. The molecular formula is C13H16N2O3. The molecule has 1 aliphatic carbocycles. The molecule has 5 heteroatoms. The van der Waals surface area contributed by atoms with Crippen LogP contribution in [-0.4, -0.2) is 15.6 Å². The molecule has 0 fully saturated rings. The zero-order chi connectivity index (χ0) is 13.2. The van der Waals surface area contributed by atoms with Crippen molar-refractivity contribution in [3.63, 3.8) is 0 Å². The number of rotatable bonds is 4. The highest BCUT2D eigenvalue weighted by Crippen LogP contribution is 2.31. The molecule has 0 radical (unpaired) electrons. The minimum absolute atomic E-state index is 0.0302. The molecular weight excluding hydrogens is 232 g/mol. The Morgan fingerprint density at radius 2 is 2.11 bits per heavy atom. The smallest absolute Gasteiger partial charge is 0.265 e. The van der Waals surface area contributed by atoms with Gasteiger partial charge in [0.25, 0.3) is 5.70 Å². The van der Waals surface area contributed by atoms with Gasteiger partial charge in [-0.15, -0.1) is 0 Å². The predicted molar refractivity (Wildman–Crippen MR) is 67.5 cm³/mol. The highest BCUT2D eigenvalue weighted by molar-refractivity contribution is 5.22. The number of nitro groups is 1. The quantitative estimate of drug-likeness (QED) is 0.608. The van der Waals surface area contributed by atoms with Crippen molar-refractivity contribution in [1.29, 1.82) is 0 Å². The van der Waals surface area contributed by atoms with Gasteiger partial charge in [-0.1, -0.05) is 0 Å². The van der Waals surface area contributed by atoms with E-state index in [1.165, 1.54) is 6.08 Å². The van der Waals surface area contributed by atoms with Crippen LogP contribution < -0.4 is 0 Å². The third kappa shape index (κ3) is 2.36. The topological polar surface area (TPSA) is 57.3 Å². The highest BCUT2D eigenvalue weighted by Gasteiger charge is 2.33. The van der Waals surface area contributed by atoms with Gasteiger partial charge in [0.1, 0.15) is 0 Å². The van der Waals surface area contributed by atoms with Gasteiger partial charge in [0.15, 0.2) is 5.72 Å². The SMILES string of the molecule is CC(C)OC1(n2cccc2)C=CC([N+](=O)[O-])=CC1. The molecule has 2 rings (SSSR count). The molecule has 0 aliphatic heterocycles. The molecule has 0 bridgehead atoms. The fourth-order valence-corrected chi connectivity index (χ4v) is 2.07. The molecule has 1 aromatic rings. The number of ether oxygens (including phenoxy) is 1. The second-order valence-electron chi connectivity index (χ2n) is 4.53. The summed E-state index contributed by atoms with van der Waals surface area (Å²) >= 11 is 0. The van der Waals surface area contributed by atoms with Crippen molar-refractivity contribution in [2.24, 2.45) is 0 Å². The summed E-state index contributed by atoms with van der Waals surface area (Å²) in [7, 11) is 0. The second kappa shape index (κ2) is 4.78. The third-order valence-electron chi connectivity index (χ3n) is 2.81. The summed E-state index contributed by atoms with van der Waals surface area (Å²) in [6.45, 7) is 3.90. The first kappa shape index (κ1) is 12.6. The number of allylic oxidation sites excluding steroid dienone is 1. The predicted octanol–water partition coefficient (Wildman–Crippen LogP) is 2.69. The lowest BCUT2D eigenvalue weighted by Gasteiger charge is -2.34. The minimum atomic E-state index is -0.656. The van der Waals surface area contributed by atoms with Crippen molar-refractivity contribution >= 4 is 0 Å². The Kier molecular flexibility index (Phi) is 3.34. The van der Waals surface area contributed by atoms with Crippen molar-refractivity contribution in [2.75, 3.05) is 0 Å². The van der Waals surface area contributed by atoms with E-state index < -0.39 is 5.72 Å². The van der Waals surface area contributed by atoms with Crippen LogP contribution in [0.25, 0.3) is 0 Å². The lowest BCUT2D eigenvalue weighted by molar-refractivity contribution is -0.420. The first-order chi connectivity index (χ1) is 8.53. The van der Waals surface area contributed by atoms with Gasteiger partial charge in [0.2, 0.25) is 0 Å². The number of aromatic nitrogens is 1. The summed E-state index contributed by atoms with van der Waals surface area (Å²) in [5.41, 5.74) is -0.540. The molecule has 5 nitrogen and oxygen atoms in total. The average Bonchev–Trinajstić information content (AvgIpc) is 2.82. The molecule has 1 aliphatic rings. The lowest BCUT2D eigenvalue weighted by atomic mass is 10.0. The van der Waals surface area contributed by atoms with Gasteiger partial charge in [-0.2, -0.15) is 0 Å². The fraction of sp³-hybridized carbons (Fsp3) is 0.385. The molecule has 0 N–H and O–H groups in total. The number of nitrogens with zero attached hydrogens (tertiary/aromatic N) is 2. The molecule has 1 unspecified atom stereocenters. The van der Waals surface area contributed by atoms with E-state index in [0.717, 1.165) is 0 Å². The Morgan fingerprint density at radius 3 is 2.56 bits per heavy atom. The van der Waals surface area contributed by atoms with Crippen molar-refractivity contribution in [3.05, 3.63) is 58.6 Å². The number of hydrogen-bond donors (Lipinski definition) is 0. The Balaban J connectivity index is 2.31. The normalized spacial score (nSPS) is 23.2. The van der Waals surface area contributed by atoms with E-state index in [4.69, 9.17) is 4.74 Å². The van der Waals surface area contributed by atoms with Crippen LogP contribution >= 0.6 is 0 Å². The van der Waals surface area contributed by atoms with Crippen LogP contribution in [0.4, 0.5) is 0 Å². The fourth-order valence-electron chi connectivity index (χ4n) is 2.07. The van der Waals surface area contributed by atoms with Crippen molar-refractivity contribution in [2.45, 2.75) is 32.1 Å². The maximum atomic E-state index is 10.7. The third-order valence-corrected chi connectivity index (χ3v) is 2.81. The Bertz CT molecular complexity index is 488. The Hall–Kier alpha value is -1.88. The van der Waals surface area contributed by atoms with Gasteiger partial charge in [-0.3, -0.25) is 10.1 Å². The van der Waals surface area contributed by atoms with E-state index in [1.807, 2.05) is 42.9 Å². The number of hydrogen-bond acceptors (Lipinski definition) is 3. The summed E-state index contributed by atoms with van der Waals surface area (Å²) in [6.07, 6.45) is 9.14. The van der Waals surface area contributed by atoms with Crippen LogP contribution in [0.5, 0.6) is 0 Å². The van der Waals surface area contributed by atoms with Gasteiger partial charge >= 0.3 is 0 Å². The molecule has 96 valence electrons. The van der Waals surface area contributed by atoms with Crippen molar-refractivity contribution in [3.8, 4) is 0 Å². The van der Waals surface area contributed by atoms with E-state index in [2.05, 4.69) is 0 Å². The summed E-state index contributed by atoms with van der Waals surface area (Å²) in [4.78, 5) is 10.3. The van der Waals surface area contributed by atoms with Crippen LogP contribution in [0.15, 0.2) is 48.5 Å². The van der Waals surface area contributed by atoms with E-state index in [-0.39, 0.29) is 16.7 Å². The molecule has 1 atom stereocenters. The zero-order valence-electron chi connectivity index (χ0n) is 10.4. The van der Waals surface area contributed by atoms with Crippen molar-refractivity contribution < 1.29 is 9.66 Å². The largest absolute Gasteiger partial charge is 0.349 e. The molecule has 0 amide bonds. The monoisotopic (exact) mass is 248 g/mol. The zero-order valence-corrected chi connectivity index (χ0v) is 10.4. The van der Waals surface area contributed by atoms with Gasteiger partial charge in [-0.25, -0.2) is 0 Å². The van der Waals surface area contributed by atoms with Gasteiger partial charge in [0, 0.05) is 24.9 Å². The first-order valence-corrected chi connectivity index (χ1v) is 5.88. The Labute approximate surface area is 106 Å². The van der Waals surface area contributed by atoms with Crippen LogP contribution in [-0.2, 0) is 10.5 Å². The van der Waals surface area contributed by atoms with Gasteiger partial charge in [0.05, 0.1) is 11.0 Å². The van der Waals surface area contributed by atoms with Crippen LogP contribution in [0.2, 0.25) is 0 Å². The summed E-state index contributed by atoms with van der Waals surface area (Å²) in [6, 6.07) is 3.82. The van der Waals surface area contributed by atoms with Crippen LogP contribution in [0, 0.1) is 10.1 Å². The highest BCUT2D eigenvalue weighted by atomic mass is 16.6. The molecule has 1 heterocycles. The average molecular weight is 248 g/mol. The molecule has 0 saturated carbocycles. The molecule has 0 spiro atoms. The second-order valence-corrected chi connectivity index (χ2v) is 4.53. The molecule has 0 saturated heterocycles. The van der Waals surface area contributed by atoms with Gasteiger partial charge in [-0.05, 0) is 38.1 Å². The Morgan fingerprint density at radius 1 is 1.44 bits per heavy atom. The molecule has 0 aromatic carbocycles. The van der Waals surface area contributed by atoms with E-state index in [9.17, 15) is 10.1 Å². The first-order valence-electron chi connectivity index (χ1n) is 5.88. The van der Waals surface area contributed by atoms with Crippen molar-refractivity contribution in [1.82, 2.24) is 4.57 Å². The van der Waals surface area contributed by atoms with Crippen LogP contribution in [0.3, 0.4) is 0 Å². The molecule has 1 aromatic heterocycles. The van der Waals surface area contributed by atoms with E-state index in [0.29, 0.717) is 6.42 Å². The minimum Gasteiger partial charge on any atom is -0.349 e. The van der Waals surface area contributed by atoms with Gasteiger partial charge < -0.3 is 9.30 Å². The van der Waals surface area contributed by atoms with E-state index >= 15 is 0 Å². The summed E-state index contributed by atoms with van der Waals surface area (Å²) in [5, 5.41) is 10.7. The summed E-state index contributed by atoms with van der Waals surface area (Å²) in [5.74, 6) is 0.